The van der Waals surface area contributed by atoms with Crippen molar-refractivity contribution in [3.8, 4) is 0 Å². The van der Waals surface area contributed by atoms with Crippen molar-refractivity contribution < 1.29 is 5.11 Å². The van der Waals surface area contributed by atoms with Crippen LogP contribution >= 0.6 is 0 Å². The molecule has 2 rings (SSSR count). The Kier molecular flexibility index (Phi) is 4.07. The van der Waals surface area contributed by atoms with Gasteiger partial charge in [0.05, 0.1) is 11.3 Å². The molecule has 0 aliphatic heterocycles. The number of hydrogen-bond donors (Lipinski definition) is 3. The Morgan fingerprint density at radius 1 is 1.39 bits per heavy atom. The fraction of sp³-hybridized carbons (Fsp3) is 0.786. The zero-order valence-electron chi connectivity index (χ0n) is 11.7. The summed E-state index contributed by atoms with van der Waals surface area (Å²) in [5.41, 5.74) is 2.88. The Hall–Kier alpha value is -0.870. The van der Waals surface area contributed by atoms with Gasteiger partial charge < -0.3 is 10.4 Å². The maximum atomic E-state index is 10.5. The summed E-state index contributed by atoms with van der Waals surface area (Å²) in [6.45, 7) is 7.78. The zero-order chi connectivity index (χ0) is 13.2. The van der Waals surface area contributed by atoms with E-state index in [1.54, 1.807) is 0 Å². The van der Waals surface area contributed by atoms with E-state index in [1.807, 2.05) is 13.8 Å². The average molecular weight is 251 g/mol. The first-order chi connectivity index (χ1) is 8.50. The molecule has 1 saturated carbocycles. The van der Waals surface area contributed by atoms with E-state index in [0.29, 0.717) is 6.54 Å². The quantitative estimate of drug-likeness (QED) is 0.767. The number of aryl methyl sites for hydroxylation is 2. The molecule has 0 spiro atoms. The Balaban J connectivity index is 1.82. The predicted octanol–water partition coefficient (Wildman–Crippen LogP) is 2.06. The number of aliphatic hydroxyl groups is 1. The number of aromatic amines is 1. The van der Waals surface area contributed by atoms with Gasteiger partial charge in [-0.05, 0) is 45.4 Å². The van der Waals surface area contributed by atoms with Crippen molar-refractivity contribution in [2.45, 2.75) is 58.6 Å². The zero-order valence-corrected chi connectivity index (χ0v) is 11.7. The van der Waals surface area contributed by atoms with Crippen LogP contribution in [0.25, 0.3) is 0 Å². The number of aromatic nitrogens is 2. The molecule has 0 bridgehead atoms. The van der Waals surface area contributed by atoms with E-state index in [9.17, 15) is 5.11 Å². The summed E-state index contributed by atoms with van der Waals surface area (Å²) in [6.07, 6.45) is 4.12. The Labute approximate surface area is 109 Å². The van der Waals surface area contributed by atoms with Crippen LogP contribution in [0.4, 0.5) is 0 Å². The Morgan fingerprint density at radius 2 is 2.06 bits per heavy atom. The number of H-pyrrole nitrogens is 1. The normalized spacial score (nSPS) is 28.6. The second-order valence-corrected chi connectivity index (χ2v) is 5.92. The number of hydrogen-bond acceptors (Lipinski definition) is 3. The molecule has 18 heavy (non-hydrogen) atoms. The van der Waals surface area contributed by atoms with Gasteiger partial charge in [0.2, 0.25) is 0 Å². The molecule has 1 aromatic heterocycles. The van der Waals surface area contributed by atoms with E-state index in [1.165, 1.54) is 5.56 Å². The lowest BCUT2D eigenvalue weighted by atomic mass is 9.79. The Bertz CT molecular complexity index is 372. The monoisotopic (exact) mass is 251 g/mol. The van der Waals surface area contributed by atoms with Crippen LogP contribution in [0.1, 0.15) is 49.6 Å². The third-order valence-electron chi connectivity index (χ3n) is 4.24. The molecule has 0 radical (unpaired) electrons. The first-order valence-corrected chi connectivity index (χ1v) is 6.94. The highest BCUT2D eigenvalue weighted by molar-refractivity contribution is 5.22. The van der Waals surface area contributed by atoms with Crippen molar-refractivity contribution >= 4 is 0 Å². The van der Waals surface area contributed by atoms with E-state index in [0.717, 1.165) is 49.5 Å². The first-order valence-electron chi connectivity index (χ1n) is 6.94. The predicted molar refractivity (Wildman–Crippen MR) is 72.4 cm³/mol. The molecular weight excluding hydrogens is 226 g/mol. The van der Waals surface area contributed by atoms with Crippen LogP contribution in [0.5, 0.6) is 0 Å². The largest absolute Gasteiger partial charge is 0.389 e. The molecule has 1 aliphatic rings. The van der Waals surface area contributed by atoms with Crippen molar-refractivity contribution in [1.29, 1.82) is 0 Å². The molecule has 102 valence electrons. The van der Waals surface area contributed by atoms with Crippen LogP contribution in [0.15, 0.2) is 0 Å². The minimum atomic E-state index is -0.502. The number of rotatable bonds is 4. The molecule has 1 heterocycles. The fourth-order valence-electron chi connectivity index (χ4n) is 2.73. The second kappa shape index (κ2) is 5.41. The summed E-state index contributed by atoms with van der Waals surface area (Å²) in [7, 11) is 0. The lowest BCUT2D eigenvalue weighted by molar-refractivity contribution is -0.00632. The number of nitrogens with one attached hydrogen (secondary N) is 2. The van der Waals surface area contributed by atoms with Crippen molar-refractivity contribution in [1.82, 2.24) is 15.5 Å². The molecule has 0 amide bonds. The molecule has 1 fully saturated rings. The molecule has 4 heteroatoms. The SMILES string of the molecule is Cc1n[nH]c(C)c1CNCC1(O)CCC(C)CC1. The van der Waals surface area contributed by atoms with Crippen LogP contribution < -0.4 is 5.32 Å². The fourth-order valence-corrected chi connectivity index (χ4v) is 2.73. The lowest BCUT2D eigenvalue weighted by Crippen LogP contribution is -2.43. The minimum absolute atomic E-state index is 0.502. The standard InChI is InChI=1S/C14H25N3O/c1-10-4-6-14(18,7-5-10)9-15-8-13-11(2)16-17-12(13)3/h10,15,18H,4-9H2,1-3H3,(H,16,17). The van der Waals surface area contributed by atoms with E-state index < -0.39 is 5.60 Å². The molecule has 1 aromatic rings. The summed E-state index contributed by atoms with van der Waals surface area (Å²) in [5.74, 6) is 0.767. The second-order valence-electron chi connectivity index (χ2n) is 5.92. The van der Waals surface area contributed by atoms with Crippen LogP contribution in [-0.2, 0) is 6.54 Å². The smallest absolute Gasteiger partial charge is 0.0771 e. The summed E-state index contributed by atoms with van der Waals surface area (Å²) in [5, 5.41) is 21.0. The van der Waals surface area contributed by atoms with Crippen molar-refractivity contribution in [3.05, 3.63) is 17.0 Å². The summed E-state index contributed by atoms with van der Waals surface area (Å²) >= 11 is 0. The van der Waals surface area contributed by atoms with Gasteiger partial charge >= 0.3 is 0 Å². The Morgan fingerprint density at radius 3 is 2.61 bits per heavy atom. The van der Waals surface area contributed by atoms with Gasteiger partial charge in [-0.1, -0.05) is 6.92 Å². The van der Waals surface area contributed by atoms with E-state index in [2.05, 4.69) is 22.4 Å². The molecule has 0 aromatic carbocycles. The van der Waals surface area contributed by atoms with Gasteiger partial charge in [-0.25, -0.2) is 0 Å². The molecule has 0 unspecified atom stereocenters. The van der Waals surface area contributed by atoms with Gasteiger partial charge in [0.1, 0.15) is 0 Å². The van der Waals surface area contributed by atoms with Gasteiger partial charge in [0, 0.05) is 24.3 Å². The summed E-state index contributed by atoms with van der Waals surface area (Å²) < 4.78 is 0. The first kappa shape index (κ1) is 13.6. The third kappa shape index (κ3) is 3.12. The molecular formula is C14H25N3O. The van der Waals surface area contributed by atoms with E-state index in [-0.39, 0.29) is 0 Å². The third-order valence-corrected chi connectivity index (χ3v) is 4.24. The van der Waals surface area contributed by atoms with Crippen LogP contribution in [-0.4, -0.2) is 27.4 Å². The minimum Gasteiger partial charge on any atom is -0.389 e. The molecule has 1 aliphatic carbocycles. The average Bonchev–Trinajstić information content (AvgIpc) is 2.65. The highest BCUT2D eigenvalue weighted by Gasteiger charge is 2.31. The van der Waals surface area contributed by atoms with E-state index in [4.69, 9.17) is 0 Å². The van der Waals surface area contributed by atoms with Crippen LogP contribution in [0.3, 0.4) is 0 Å². The highest BCUT2D eigenvalue weighted by Crippen LogP contribution is 2.31. The van der Waals surface area contributed by atoms with Crippen LogP contribution in [0.2, 0.25) is 0 Å². The lowest BCUT2D eigenvalue weighted by Gasteiger charge is -2.35. The van der Waals surface area contributed by atoms with Gasteiger partial charge in [-0.15, -0.1) is 0 Å². The van der Waals surface area contributed by atoms with E-state index >= 15 is 0 Å². The van der Waals surface area contributed by atoms with Gasteiger partial charge in [0.15, 0.2) is 0 Å². The molecule has 4 nitrogen and oxygen atoms in total. The maximum absolute atomic E-state index is 10.5. The highest BCUT2D eigenvalue weighted by atomic mass is 16.3. The molecule has 3 N–H and O–H groups in total. The van der Waals surface area contributed by atoms with Crippen LogP contribution in [0, 0.1) is 19.8 Å². The summed E-state index contributed by atoms with van der Waals surface area (Å²) in [4.78, 5) is 0. The van der Waals surface area contributed by atoms with Crippen molar-refractivity contribution in [2.75, 3.05) is 6.54 Å². The topological polar surface area (TPSA) is 60.9 Å². The van der Waals surface area contributed by atoms with Crippen molar-refractivity contribution in [3.63, 3.8) is 0 Å². The number of nitrogens with zero attached hydrogens (tertiary/aromatic N) is 1. The van der Waals surface area contributed by atoms with Gasteiger partial charge in [-0.3, -0.25) is 5.10 Å². The summed E-state index contributed by atoms with van der Waals surface area (Å²) in [6, 6.07) is 0. The maximum Gasteiger partial charge on any atom is 0.0771 e. The molecule has 0 saturated heterocycles. The van der Waals surface area contributed by atoms with Gasteiger partial charge in [-0.2, -0.15) is 5.10 Å². The van der Waals surface area contributed by atoms with Crippen molar-refractivity contribution in [2.24, 2.45) is 5.92 Å². The van der Waals surface area contributed by atoms with Gasteiger partial charge in [0.25, 0.3) is 0 Å². The molecule has 0 atom stereocenters.